The Kier molecular flexibility index (Phi) is 3.61. The van der Waals surface area contributed by atoms with E-state index in [1.54, 1.807) is 12.3 Å². The van der Waals surface area contributed by atoms with Crippen molar-refractivity contribution < 1.29 is 4.79 Å². The van der Waals surface area contributed by atoms with Crippen LogP contribution in [0.15, 0.2) is 48.7 Å². The molecule has 120 valence electrons. The fourth-order valence-corrected chi connectivity index (χ4v) is 3.07. The van der Waals surface area contributed by atoms with Gasteiger partial charge < -0.3 is 4.90 Å². The molecular weight excluding hydrogens is 300 g/mol. The first-order chi connectivity index (χ1) is 11.7. The summed E-state index contributed by atoms with van der Waals surface area (Å²) in [6.07, 6.45) is 2.44. The Balaban J connectivity index is 1.64. The third-order valence-corrected chi connectivity index (χ3v) is 4.43. The highest BCUT2D eigenvalue weighted by Crippen LogP contribution is 2.29. The number of nitrogens with zero attached hydrogens (tertiary/aromatic N) is 3. The van der Waals surface area contributed by atoms with E-state index >= 15 is 0 Å². The zero-order valence-electron chi connectivity index (χ0n) is 13.5. The number of amides is 1. The fourth-order valence-electron chi connectivity index (χ4n) is 3.07. The number of aromatic nitrogens is 3. The summed E-state index contributed by atoms with van der Waals surface area (Å²) in [6.45, 7) is 3.31. The predicted molar refractivity (Wildman–Crippen MR) is 91.4 cm³/mol. The summed E-state index contributed by atoms with van der Waals surface area (Å²) >= 11 is 0. The summed E-state index contributed by atoms with van der Waals surface area (Å²) in [4.78, 5) is 18.7. The van der Waals surface area contributed by atoms with Gasteiger partial charge in [0, 0.05) is 36.0 Å². The monoisotopic (exact) mass is 318 g/mol. The van der Waals surface area contributed by atoms with Gasteiger partial charge in [-0.15, -0.1) is 0 Å². The summed E-state index contributed by atoms with van der Waals surface area (Å²) in [6, 6.07) is 13.7. The average Bonchev–Trinajstić information content (AvgIpc) is 3.05. The lowest BCUT2D eigenvalue weighted by atomic mass is 10.00. The normalized spacial score (nSPS) is 13.6. The minimum absolute atomic E-state index is 0.0303. The molecule has 0 saturated heterocycles. The van der Waals surface area contributed by atoms with Gasteiger partial charge in [-0.1, -0.05) is 35.9 Å². The van der Waals surface area contributed by atoms with E-state index in [0.717, 1.165) is 28.9 Å². The molecule has 1 aliphatic rings. The Morgan fingerprint density at radius 3 is 2.75 bits per heavy atom. The van der Waals surface area contributed by atoms with E-state index in [1.807, 2.05) is 17.0 Å². The second-order valence-corrected chi connectivity index (χ2v) is 6.09. The van der Waals surface area contributed by atoms with Crippen molar-refractivity contribution in [3.8, 4) is 11.3 Å². The average molecular weight is 318 g/mol. The highest BCUT2D eigenvalue weighted by atomic mass is 16.2. The van der Waals surface area contributed by atoms with E-state index in [0.29, 0.717) is 18.8 Å². The van der Waals surface area contributed by atoms with Crippen molar-refractivity contribution in [3.63, 3.8) is 0 Å². The summed E-state index contributed by atoms with van der Waals surface area (Å²) in [7, 11) is 0. The second-order valence-electron chi connectivity index (χ2n) is 6.09. The molecule has 4 rings (SSSR count). The minimum atomic E-state index is -0.0303. The number of aromatic amines is 1. The van der Waals surface area contributed by atoms with Crippen molar-refractivity contribution in [2.45, 2.75) is 19.9 Å². The second kappa shape index (κ2) is 5.92. The number of rotatable bonds is 2. The summed E-state index contributed by atoms with van der Waals surface area (Å²) in [5.74, 6) is -0.0303. The molecule has 3 heterocycles. The Morgan fingerprint density at radius 1 is 1.17 bits per heavy atom. The Morgan fingerprint density at radius 2 is 2.00 bits per heavy atom. The van der Waals surface area contributed by atoms with Crippen LogP contribution in [0.2, 0.25) is 0 Å². The number of aryl methyl sites for hydroxylation is 1. The van der Waals surface area contributed by atoms with E-state index in [9.17, 15) is 4.79 Å². The highest BCUT2D eigenvalue weighted by Gasteiger charge is 2.26. The number of fused-ring (bicyclic) bond motifs is 1. The van der Waals surface area contributed by atoms with Crippen LogP contribution in [-0.4, -0.2) is 32.5 Å². The Bertz CT molecular complexity index is 868. The molecule has 3 aromatic rings. The van der Waals surface area contributed by atoms with Crippen molar-refractivity contribution in [3.05, 3.63) is 71.2 Å². The van der Waals surface area contributed by atoms with Crippen LogP contribution in [0.1, 0.15) is 27.3 Å². The number of carbonyl (C=O) groups is 1. The van der Waals surface area contributed by atoms with Crippen molar-refractivity contribution >= 4 is 5.91 Å². The maximum Gasteiger partial charge on any atom is 0.272 e. The molecule has 1 aliphatic heterocycles. The third kappa shape index (κ3) is 2.58. The van der Waals surface area contributed by atoms with Crippen molar-refractivity contribution in [2.75, 3.05) is 6.54 Å². The van der Waals surface area contributed by atoms with Crippen LogP contribution in [0.4, 0.5) is 0 Å². The molecule has 0 bridgehead atoms. The fraction of sp³-hybridized carbons (Fsp3) is 0.211. The van der Waals surface area contributed by atoms with Gasteiger partial charge in [0.2, 0.25) is 0 Å². The predicted octanol–water partition coefficient (Wildman–Crippen LogP) is 2.98. The van der Waals surface area contributed by atoms with E-state index in [1.165, 1.54) is 5.56 Å². The number of pyridine rings is 1. The molecule has 0 radical (unpaired) electrons. The summed E-state index contributed by atoms with van der Waals surface area (Å²) < 4.78 is 0. The first kappa shape index (κ1) is 14.6. The Hall–Kier alpha value is -2.95. The van der Waals surface area contributed by atoms with Gasteiger partial charge in [0.05, 0.1) is 12.2 Å². The number of benzene rings is 1. The molecule has 0 aliphatic carbocycles. The van der Waals surface area contributed by atoms with Gasteiger partial charge in [-0.3, -0.25) is 14.9 Å². The van der Waals surface area contributed by atoms with Gasteiger partial charge in [-0.2, -0.15) is 5.10 Å². The van der Waals surface area contributed by atoms with Crippen molar-refractivity contribution in [1.82, 2.24) is 20.1 Å². The standard InChI is InChI=1S/C19H18N4O/c1-13-5-7-14(8-6-13)18-15-12-23(11-9-16(15)21-22-18)19(24)17-4-2-3-10-20-17/h2-8,10H,9,11-12H2,1H3,(H,21,22). The maximum absolute atomic E-state index is 12.7. The smallest absolute Gasteiger partial charge is 0.272 e. The van der Waals surface area contributed by atoms with Crippen LogP contribution in [0, 0.1) is 6.92 Å². The SMILES string of the molecule is Cc1ccc(-c2n[nH]c3c2CN(C(=O)c2ccccn2)CC3)cc1. The zero-order valence-corrected chi connectivity index (χ0v) is 13.5. The zero-order chi connectivity index (χ0) is 16.5. The highest BCUT2D eigenvalue weighted by molar-refractivity contribution is 5.92. The van der Waals surface area contributed by atoms with Gasteiger partial charge >= 0.3 is 0 Å². The lowest BCUT2D eigenvalue weighted by Gasteiger charge is -2.27. The van der Waals surface area contributed by atoms with Crippen molar-refractivity contribution in [1.29, 1.82) is 0 Å². The maximum atomic E-state index is 12.7. The van der Waals surface area contributed by atoms with E-state index in [4.69, 9.17) is 0 Å². The molecule has 0 unspecified atom stereocenters. The van der Waals surface area contributed by atoms with Crippen LogP contribution >= 0.6 is 0 Å². The molecular formula is C19H18N4O. The summed E-state index contributed by atoms with van der Waals surface area (Å²) in [5, 5.41) is 7.62. The van der Waals surface area contributed by atoms with E-state index in [2.05, 4.69) is 46.4 Å². The lowest BCUT2D eigenvalue weighted by molar-refractivity contribution is 0.0728. The molecule has 24 heavy (non-hydrogen) atoms. The Labute approximate surface area is 140 Å². The van der Waals surface area contributed by atoms with Crippen LogP contribution in [0.5, 0.6) is 0 Å². The van der Waals surface area contributed by atoms with Crippen LogP contribution in [0.25, 0.3) is 11.3 Å². The minimum Gasteiger partial charge on any atom is -0.332 e. The molecule has 0 atom stereocenters. The molecule has 0 saturated carbocycles. The van der Waals surface area contributed by atoms with Crippen molar-refractivity contribution in [2.24, 2.45) is 0 Å². The van der Waals surface area contributed by atoms with Gasteiger partial charge in [0.15, 0.2) is 0 Å². The van der Waals surface area contributed by atoms with Gasteiger partial charge in [0.1, 0.15) is 5.69 Å². The van der Waals surface area contributed by atoms with Gasteiger partial charge in [-0.25, -0.2) is 0 Å². The molecule has 1 amide bonds. The number of nitrogens with one attached hydrogen (secondary N) is 1. The summed E-state index contributed by atoms with van der Waals surface area (Å²) in [5.41, 5.74) is 5.94. The molecule has 0 fully saturated rings. The molecule has 0 spiro atoms. The van der Waals surface area contributed by atoms with Gasteiger partial charge in [0.25, 0.3) is 5.91 Å². The number of carbonyl (C=O) groups excluding carboxylic acids is 1. The lowest BCUT2D eigenvalue weighted by Crippen LogP contribution is -2.36. The largest absolute Gasteiger partial charge is 0.332 e. The van der Waals surface area contributed by atoms with Crippen LogP contribution in [-0.2, 0) is 13.0 Å². The van der Waals surface area contributed by atoms with E-state index in [-0.39, 0.29) is 5.91 Å². The number of hydrogen-bond donors (Lipinski definition) is 1. The third-order valence-electron chi connectivity index (χ3n) is 4.43. The van der Waals surface area contributed by atoms with Crippen LogP contribution in [0.3, 0.4) is 0 Å². The topological polar surface area (TPSA) is 61.9 Å². The van der Waals surface area contributed by atoms with Crippen LogP contribution < -0.4 is 0 Å². The molecule has 1 N–H and O–H groups in total. The van der Waals surface area contributed by atoms with Gasteiger partial charge in [-0.05, 0) is 19.1 Å². The molecule has 5 nitrogen and oxygen atoms in total. The molecule has 2 aromatic heterocycles. The molecule has 5 heteroatoms. The van der Waals surface area contributed by atoms with E-state index < -0.39 is 0 Å². The molecule has 1 aromatic carbocycles. The first-order valence-electron chi connectivity index (χ1n) is 8.06. The quantitative estimate of drug-likeness (QED) is 0.790. The number of H-pyrrole nitrogens is 1. The first-order valence-corrected chi connectivity index (χ1v) is 8.06. The number of hydrogen-bond acceptors (Lipinski definition) is 3.